The first-order valence-corrected chi connectivity index (χ1v) is 6.42. The van der Waals surface area contributed by atoms with E-state index >= 15 is 0 Å². The SMILES string of the molecule is CCc1nc(NN)c(C)c(Nc2cc(C)ccc2F)n1. The van der Waals surface area contributed by atoms with Crippen molar-refractivity contribution in [2.45, 2.75) is 27.2 Å². The highest BCUT2D eigenvalue weighted by Crippen LogP contribution is 2.25. The molecule has 0 aliphatic carbocycles. The van der Waals surface area contributed by atoms with Gasteiger partial charge in [-0.15, -0.1) is 0 Å². The van der Waals surface area contributed by atoms with E-state index < -0.39 is 0 Å². The van der Waals surface area contributed by atoms with Gasteiger partial charge in [0, 0.05) is 12.0 Å². The van der Waals surface area contributed by atoms with Gasteiger partial charge in [-0.1, -0.05) is 13.0 Å². The number of rotatable bonds is 4. The number of hydrogen-bond donors (Lipinski definition) is 3. The van der Waals surface area contributed by atoms with E-state index in [1.54, 1.807) is 12.1 Å². The van der Waals surface area contributed by atoms with Gasteiger partial charge in [0.1, 0.15) is 23.3 Å². The predicted molar refractivity (Wildman–Crippen MR) is 78.4 cm³/mol. The zero-order valence-electron chi connectivity index (χ0n) is 11.8. The van der Waals surface area contributed by atoms with E-state index in [4.69, 9.17) is 5.84 Å². The second kappa shape index (κ2) is 5.83. The summed E-state index contributed by atoms with van der Waals surface area (Å²) in [7, 11) is 0. The summed E-state index contributed by atoms with van der Waals surface area (Å²) in [5, 5.41) is 3.01. The molecule has 0 atom stereocenters. The van der Waals surface area contributed by atoms with Crippen LogP contribution in [0.1, 0.15) is 23.9 Å². The highest BCUT2D eigenvalue weighted by atomic mass is 19.1. The van der Waals surface area contributed by atoms with Gasteiger partial charge < -0.3 is 10.7 Å². The number of hydrogen-bond acceptors (Lipinski definition) is 5. The van der Waals surface area contributed by atoms with E-state index in [1.807, 2.05) is 20.8 Å². The lowest BCUT2D eigenvalue weighted by molar-refractivity contribution is 0.631. The minimum absolute atomic E-state index is 0.325. The average Bonchev–Trinajstić information content (AvgIpc) is 2.45. The number of aryl methyl sites for hydroxylation is 2. The van der Waals surface area contributed by atoms with Gasteiger partial charge in [-0.2, -0.15) is 0 Å². The molecule has 0 saturated carbocycles. The van der Waals surface area contributed by atoms with Gasteiger partial charge in [-0.3, -0.25) is 0 Å². The third kappa shape index (κ3) is 2.85. The van der Waals surface area contributed by atoms with Crippen LogP contribution in [0.4, 0.5) is 21.7 Å². The Kier molecular flexibility index (Phi) is 4.14. The molecule has 0 saturated heterocycles. The molecule has 0 bridgehead atoms. The van der Waals surface area contributed by atoms with Gasteiger partial charge in [0.2, 0.25) is 0 Å². The Morgan fingerprint density at radius 2 is 1.90 bits per heavy atom. The fraction of sp³-hybridized carbons (Fsp3) is 0.286. The molecule has 0 unspecified atom stereocenters. The van der Waals surface area contributed by atoms with Crippen molar-refractivity contribution in [3.63, 3.8) is 0 Å². The Labute approximate surface area is 117 Å². The molecule has 106 valence electrons. The molecule has 0 spiro atoms. The lowest BCUT2D eigenvalue weighted by Gasteiger charge is -2.14. The first-order chi connectivity index (χ1) is 9.55. The van der Waals surface area contributed by atoms with E-state index in [1.165, 1.54) is 6.07 Å². The summed E-state index contributed by atoms with van der Waals surface area (Å²) in [6, 6.07) is 4.88. The second-order valence-electron chi connectivity index (χ2n) is 4.57. The summed E-state index contributed by atoms with van der Waals surface area (Å²) < 4.78 is 13.8. The number of nitrogens with zero attached hydrogens (tertiary/aromatic N) is 2. The maximum Gasteiger partial charge on any atom is 0.148 e. The molecule has 0 radical (unpaired) electrons. The van der Waals surface area contributed by atoms with Crippen LogP contribution in [0, 0.1) is 19.7 Å². The van der Waals surface area contributed by atoms with E-state index in [9.17, 15) is 4.39 Å². The standard InChI is InChI=1S/C14H18FN5/c1-4-12-18-13(9(3)14(19-12)20-16)17-11-7-8(2)5-6-10(11)15/h5-7H,4,16H2,1-3H3,(H2,17,18,19,20). The zero-order valence-corrected chi connectivity index (χ0v) is 11.8. The quantitative estimate of drug-likeness (QED) is 0.591. The number of anilines is 3. The molecule has 1 heterocycles. The third-order valence-electron chi connectivity index (χ3n) is 3.02. The van der Waals surface area contributed by atoms with Crippen LogP contribution in [0.25, 0.3) is 0 Å². The summed E-state index contributed by atoms with van der Waals surface area (Å²) in [6.07, 6.45) is 0.667. The fourth-order valence-electron chi connectivity index (χ4n) is 1.85. The highest BCUT2D eigenvalue weighted by Gasteiger charge is 2.11. The van der Waals surface area contributed by atoms with Crippen molar-refractivity contribution >= 4 is 17.3 Å². The van der Waals surface area contributed by atoms with Crippen molar-refractivity contribution in [3.05, 3.63) is 41.0 Å². The Hall–Kier alpha value is -2.21. The van der Waals surface area contributed by atoms with Crippen LogP contribution in [-0.4, -0.2) is 9.97 Å². The molecular weight excluding hydrogens is 257 g/mol. The summed E-state index contributed by atoms with van der Waals surface area (Å²) in [4.78, 5) is 8.65. The van der Waals surface area contributed by atoms with Crippen molar-refractivity contribution in [1.82, 2.24) is 9.97 Å². The summed E-state index contributed by atoms with van der Waals surface area (Å²) in [5.41, 5.74) is 4.63. The van der Waals surface area contributed by atoms with E-state index in [0.29, 0.717) is 29.6 Å². The molecule has 0 aliphatic rings. The van der Waals surface area contributed by atoms with Gasteiger partial charge in [-0.25, -0.2) is 20.2 Å². The van der Waals surface area contributed by atoms with E-state index in [0.717, 1.165) is 11.1 Å². The maximum absolute atomic E-state index is 13.8. The van der Waals surface area contributed by atoms with Gasteiger partial charge >= 0.3 is 0 Å². The van der Waals surface area contributed by atoms with Crippen LogP contribution in [0.5, 0.6) is 0 Å². The predicted octanol–water partition coefficient (Wildman–Crippen LogP) is 2.82. The number of nitrogens with two attached hydrogens (primary N) is 1. The van der Waals surface area contributed by atoms with E-state index in [2.05, 4.69) is 20.7 Å². The molecule has 5 nitrogen and oxygen atoms in total. The van der Waals surface area contributed by atoms with Gasteiger partial charge in [-0.05, 0) is 31.5 Å². The highest BCUT2D eigenvalue weighted by molar-refractivity contribution is 5.65. The number of nitrogens with one attached hydrogen (secondary N) is 2. The number of aromatic nitrogens is 2. The van der Waals surface area contributed by atoms with Crippen LogP contribution in [-0.2, 0) is 6.42 Å². The molecular formula is C14H18FN5. The molecule has 0 amide bonds. The van der Waals surface area contributed by atoms with Crippen LogP contribution in [0.15, 0.2) is 18.2 Å². The number of hydrazine groups is 1. The van der Waals surface area contributed by atoms with Crippen molar-refractivity contribution in [1.29, 1.82) is 0 Å². The molecule has 2 aromatic rings. The molecule has 1 aromatic heterocycles. The Morgan fingerprint density at radius 1 is 1.20 bits per heavy atom. The summed E-state index contributed by atoms with van der Waals surface area (Å²) in [5.74, 6) is 6.85. The normalized spacial score (nSPS) is 10.4. The van der Waals surface area contributed by atoms with Crippen molar-refractivity contribution in [2.24, 2.45) is 5.84 Å². The third-order valence-corrected chi connectivity index (χ3v) is 3.02. The van der Waals surface area contributed by atoms with Gasteiger partial charge in [0.15, 0.2) is 0 Å². The molecule has 2 rings (SSSR count). The first-order valence-electron chi connectivity index (χ1n) is 6.42. The maximum atomic E-state index is 13.8. The summed E-state index contributed by atoms with van der Waals surface area (Å²) in [6.45, 7) is 5.68. The van der Waals surface area contributed by atoms with Crippen LogP contribution < -0.4 is 16.6 Å². The van der Waals surface area contributed by atoms with Crippen LogP contribution in [0.2, 0.25) is 0 Å². The number of benzene rings is 1. The van der Waals surface area contributed by atoms with Crippen molar-refractivity contribution in [3.8, 4) is 0 Å². The van der Waals surface area contributed by atoms with Gasteiger partial charge in [0.25, 0.3) is 0 Å². The topological polar surface area (TPSA) is 75.9 Å². The Balaban J connectivity index is 2.44. The number of halogens is 1. The first kappa shape index (κ1) is 14.2. The minimum atomic E-state index is -0.325. The Morgan fingerprint density at radius 3 is 2.55 bits per heavy atom. The monoisotopic (exact) mass is 275 g/mol. The van der Waals surface area contributed by atoms with Crippen LogP contribution >= 0.6 is 0 Å². The molecule has 4 N–H and O–H groups in total. The minimum Gasteiger partial charge on any atom is -0.337 e. The van der Waals surface area contributed by atoms with Gasteiger partial charge in [0.05, 0.1) is 5.69 Å². The molecule has 20 heavy (non-hydrogen) atoms. The lowest BCUT2D eigenvalue weighted by atomic mass is 10.2. The molecule has 0 aliphatic heterocycles. The van der Waals surface area contributed by atoms with E-state index in [-0.39, 0.29) is 5.82 Å². The molecule has 6 heteroatoms. The average molecular weight is 275 g/mol. The molecule has 0 fully saturated rings. The fourth-order valence-corrected chi connectivity index (χ4v) is 1.85. The summed E-state index contributed by atoms with van der Waals surface area (Å²) >= 11 is 0. The Bertz CT molecular complexity index is 627. The lowest BCUT2D eigenvalue weighted by Crippen LogP contribution is -2.14. The largest absolute Gasteiger partial charge is 0.337 e. The number of nitrogen functional groups attached to an aromatic ring is 1. The van der Waals surface area contributed by atoms with Crippen LogP contribution in [0.3, 0.4) is 0 Å². The second-order valence-corrected chi connectivity index (χ2v) is 4.57. The van der Waals surface area contributed by atoms with Crippen molar-refractivity contribution < 1.29 is 4.39 Å². The molecule has 1 aromatic carbocycles. The smallest absolute Gasteiger partial charge is 0.148 e. The zero-order chi connectivity index (χ0) is 14.7. The van der Waals surface area contributed by atoms with Crippen molar-refractivity contribution in [2.75, 3.05) is 10.7 Å².